The third kappa shape index (κ3) is 2.75. The van der Waals surface area contributed by atoms with Gasteiger partial charge in [-0.1, -0.05) is 19.9 Å². The summed E-state index contributed by atoms with van der Waals surface area (Å²) < 4.78 is 0. The van der Waals surface area contributed by atoms with E-state index in [1.54, 1.807) is 13.1 Å². The Hall–Kier alpha value is -1.44. The predicted octanol–water partition coefficient (Wildman–Crippen LogP) is 3.27. The van der Waals surface area contributed by atoms with Gasteiger partial charge >= 0.3 is 0 Å². The molecule has 0 radical (unpaired) electrons. The summed E-state index contributed by atoms with van der Waals surface area (Å²) in [4.78, 5) is 15.8. The Kier molecular flexibility index (Phi) is 3.78. The number of Topliss-reactive ketones (excluding diaryl/α,β-unsaturated/α-hetero) is 1. The second kappa shape index (κ2) is 4.87. The molecule has 1 aromatic heterocycles. The van der Waals surface area contributed by atoms with Crippen molar-refractivity contribution in [3.05, 3.63) is 35.7 Å². The van der Waals surface area contributed by atoms with Crippen LogP contribution in [-0.4, -0.2) is 10.8 Å². The summed E-state index contributed by atoms with van der Waals surface area (Å²) in [6, 6.07) is 1.89. The summed E-state index contributed by atoms with van der Waals surface area (Å²) in [5.74, 6) is 0.0778. The first-order chi connectivity index (χ1) is 7.06. The summed E-state index contributed by atoms with van der Waals surface area (Å²) in [5, 5.41) is 0. The van der Waals surface area contributed by atoms with Crippen LogP contribution < -0.4 is 0 Å². The van der Waals surface area contributed by atoms with Crippen molar-refractivity contribution < 1.29 is 4.79 Å². The number of ketones is 1. The zero-order valence-corrected chi connectivity index (χ0v) is 9.63. The van der Waals surface area contributed by atoms with Crippen LogP contribution in [0.1, 0.15) is 48.8 Å². The number of pyridine rings is 1. The fourth-order valence-corrected chi connectivity index (χ4v) is 1.47. The SMILES string of the molecule is C=C(C)c1cnc(CCC)c(C(C)=O)c1. The average molecular weight is 203 g/mol. The van der Waals surface area contributed by atoms with Gasteiger partial charge in [0.1, 0.15) is 0 Å². The van der Waals surface area contributed by atoms with Gasteiger partial charge in [-0.05, 0) is 37.5 Å². The molecule has 0 atom stereocenters. The Morgan fingerprint density at radius 3 is 2.60 bits per heavy atom. The molecule has 2 heteroatoms. The first-order valence-corrected chi connectivity index (χ1v) is 5.22. The summed E-state index contributed by atoms with van der Waals surface area (Å²) in [7, 11) is 0. The topological polar surface area (TPSA) is 30.0 Å². The van der Waals surface area contributed by atoms with E-state index in [2.05, 4.69) is 18.5 Å². The van der Waals surface area contributed by atoms with Crippen LogP contribution >= 0.6 is 0 Å². The van der Waals surface area contributed by atoms with Crippen molar-refractivity contribution in [2.75, 3.05) is 0 Å². The quantitative estimate of drug-likeness (QED) is 0.703. The molecule has 0 aliphatic rings. The van der Waals surface area contributed by atoms with Crippen molar-refractivity contribution >= 4 is 11.4 Å². The van der Waals surface area contributed by atoms with Gasteiger partial charge in [-0.25, -0.2) is 0 Å². The standard InChI is InChI=1S/C13H17NO/c1-5-6-13-12(10(4)15)7-11(8-14-13)9(2)3/h7-8H,2,5-6H2,1,3-4H3. The highest BCUT2D eigenvalue weighted by Gasteiger charge is 2.09. The summed E-state index contributed by atoms with van der Waals surface area (Å²) >= 11 is 0. The molecule has 1 aromatic rings. The summed E-state index contributed by atoms with van der Waals surface area (Å²) in [6.45, 7) is 9.43. The molecule has 0 saturated heterocycles. The maximum Gasteiger partial charge on any atom is 0.161 e. The first kappa shape index (κ1) is 11.6. The monoisotopic (exact) mass is 203 g/mol. The van der Waals surface area contributed by atoms with E-state index in [9.17, 15) is 4.79 Å². The minimum atomic E-state index is 0.0778. The Morgan fingerprint density at radius 1 is 1.47 bits per heavy atom. The molecule has 15 heavy (non-hydrogen) atoms. The Labute approximate surface area is 91.0 Å². The van der Waals surface area contributed by atoms with Crippen molar-refractivity contribution in [1.29, 1.82) is 0 Å². The lowest BCUT2D eigenvalue weighted by Crippen LogP contribution is -2.03. The van der Waals surface area contributed by atoms with E-state index in [1.807, 2.05) is 13.0 Å². The normalized spacial score (nSPS) is 10.1. The summed E-state index contributed by atoms with van der Waals surface area (Å²) in [6.07, 6.45) is 3.64. The Morgan fingerprint density at radius 2 is 2.13 bits per heavy atom. The smallest absolute Gasteiger partial charge is 0.161 e. The van der Waals surface area contributed by atoms with Gasteiger partial charge in [0.15, 0.2) is 5.78 Å². The van der Waals surface area contributed by atoms with Crippen molar-refractivity contribution in [2.45, 2.75) is 33.6 Å². The molecule has 0 bridgehead atoms. The van der Waals surface area contributed by atoms with Gasteiger partial charge in [-0.3, -0.25) is 9.78 Å². The van der Waals surface area contributed by atoms with Crippen molar-refractivity contribution in [3.63, 3.8) is 0 Å². The molecular formula is C13H17NO. The molecule has 0 N–H and O–H groups in total. The van der Waals surface area contributed by atoms with E-state index in [-0.39, 0.29) is 5.78 Å². The van der Waals surface area contributed by atoms with E-state index in [1.165, 1.54) is 0 Å². The first-order valence-electron chi connectivity index (χ1n) is 5.22. The minimum Gasteiger partial charge on any atom is -0.294 e. The maximum atomic E-state index is 11.4. The molecule has 0 spiro atoms. The van der Waals surface area contributed by atoms with E-state index < -0.39 is 0 Å². The average Bonchev–Trinajstić information content (AvgIpc) is 2.18. The van der Waals surface area contributed by atoms with Crippen molar-refractivity contribution in [1.82, 2.24) is 4.98 Å². The lowest BCUT2D eigenvalue weighted by molar-refractivity contribution is 0.101. The minimum absolute atomic E-state index is 0.0778. The van der Waals surface area contributed by atoms with Crippen LogP contribution in [0.5, 0.6) is 0 Å². The van der Waals surface area contributed by atoms with Crippen LogP contribution in [0.4, 0.5) is 0 Å². The molecule has 0 aliphatic heterocycles. The number of hydrogen-bond acceptors (Lipinski definition) is 2. The molecule has 0 fully saturated rings. The molecule has 0 amide bonds. The predicted molar refractivity (Wildman–Crippen MR) is 62.9 cm³/mol. The van der Waals surface area contributed by atoms with Gasteiger partial charge in [-0.15, -0.1) is 0 Å². The van der Waals surface area contributed by atoms with Gasteiger partial charge in [-0.2, -0.15) is 0 Å². The lowest BCUT2D eigenvalue weighted by Gasteiger charge is -2.07. The number of carbonyl (C=O) groups is 1. The van der Waals surface area contributed by atoms with Crippen LogP contribution in [0.15, 0.2) is 18.8 Å². The number of allylic oxidation sites excluding steroid dienone is 1. The zero-order chi connectivity index (χ0) is 11.4. The van der Waals surface area contributed by atoms with Crippen LogP contribution in [0, 0.1) is 0 Å². The molecule has 0 unspecified atom stereocenters. The second-order valence-electron chi connectivity index (χ2n) is 3.80. The third-order valence-electron chi connectivity index (χ3n) is 2.33. The van der Waals surface area contributed by atoms with Gasteiger partial charge < -0.3 is 0 Å². The molecular weight excluding hydrogens is 186 g/mol. The van der Waals surface area contributed by atoms with Crippen LogP contribution in [-0.2, 0) is 6.42 Å². The largest absolute Gasteiger partial charge is 0.294 e. The van der Waals surface area contributed by atoms with Gasteiger partial charge in [0.2, 0.25) is 0 Å². The van der Waals surface area contributed by atoms with Crippen LogP contribution in [0.25, 0.3) is 5.57 Å². The number of aryl methyl sites for hydroxylation is 1. The summed E-state index contributed by atoms with van der Waals surface area (Å²) in [5.41, 5.74) is 3.51. The number of aromatic nitrogens is 1. The molecule has 0 saturated carbocycles. The van der Waals surface area contributed by atoms with E-state index in [4.69, 9.17) is 0 Å². The Bertz CT molecular complexity index is 394. The second-order valence-corrected chi connectivity index (χ2v) is 3.80. The molecule has 0 aromatic carbocycles. The highest BCUT2D eigenvalue weighted by atomic mass is 16.1. The third-order valence-corrected chi connectivity index (χ3v) is 2.33. The lowest BCUT2D eigenvalue weighted by atomic mass is 10.0. The number of hydrogen-bond donors (Lipinski definition) is 0. The number of carbonyl (C=O) groups excluding carboxylic acids is 1. The van der Waals surface area contributed by atoms with E-state index in [0.29, 0.717) is 0 Å². The van der Waals surface area contributed by atoms with Gasteiger partial charge in [0.05, 0.1) is 5.69 Å². The molecule has 1 rings (SSSR count). The highest BCUT2D eigenvalue weighted by molar-refractivity contribution is 5.95. The molecule has 0 aliphatic carbocycles. The molecule has 2 nitrogen and oxygen atoms in total. The maximum absolute atomic E-state index is 11.4. The van der Waals surface area contributed by atoms with Crippen molar-refractivity contribution in [2.24, 2.45) is 0 Å². The van der Waals surface area contributed by atoms with Crippen molar-refractivity contribution in [3.8, 4) is 0 Å². The highest BCUT2D eigenvalue weighted by Crippen LogP contribution is 2.16. The zero-order valence-electron chi connectivity index (χ0n) is 9.63. The molecule has 1 heterocycles. The number of nitrogens with zero attached hydrogens (tertiary/aromatic N) is 1. The molecule has 80 valence electrons. The number of rotatable bonds is 4. The van der Waals surface area contributed by atoms with E-state index >= 15 is 0 Å². The van der Waals surface area contributed by atoms with Gasteiger partial charge in [0.25, 0.3) is 0 Å². The van der Waals surface area contributed by atoms with E-state index in [0.717, 1.165) is 35.2 Å². The van der Waals surface area contributed by atoms with Crippen LogP contribution in [0.2, 0.25) is 0 Å². The fourth-order valence-electron chi connectivity index (χ4n) is 1.47. The Balaban J connectivity index is 3.20. The van der Waals surface area contributed by atoms with Crippen LogP contribution in [0.3, 0.4) is 0 Å². The van der Waals surface area contributed by atoms with Gasteiger partial charge in [0, 0.05) is 11.8 Å². The fraction of sp³-hybridized carbons (Fsp3) is 0.385.